The molecular formula is C23H21N3O2. The zero-order valence-corrected chi connectivity index (χ0v) is 16.0. The predicted octanol–water partition coefficient (Wildman–Crippen LogP) is 5.08. The standard InChI is InChI=1S/C23H21N3O2/c1-23(2,3)17-9-11-24-19(14-17)16-8-7-15-10-12-26(20(15)13-16)21-6-4-5-18(25-21)22(27)28/h4-14H,1-3H3,(H,27,28). The number of hydrogen-bond donors (Lipinski definition) is 1. The van der Waals surface area contributed by atoms with Crippen molar-refractivity contribution in [3.63, 3.8) is 0 Å². The Morgan fingerprint density at radius 1 is 1.04 bits per heavy atom. The SMILES string of the molecule is CC(C)(C)c1ccnc(-c2ccc3ccn(-c4cccc(C(=O)O)n4)c3c2)c1. The highest BCUT2D eigenvalue weighted by atomic mass is 16.4. The lowest BCUT2D eigenvalue weighted by molar-refractivity contribution is 0.0690. The van der Waals surface area contributed by atoms with Crippen molar-refractivity contribution < 1.29 is 9.90 Å². The second kappa shape index (κ2) is 6.60. The number of benzene rings is 1. The van der Waals surface area contributed by atoms with Crippen LogP contribution in [0.25, 0.3) is 28.0 Å². The van der Waals surface area contributed by atoms with Gasteiger partial charge in [0.05, 0.1) is 11.2 Å². The molecule has 28 heavy (non-hydrogen) atoms. The van der Waals surface area contributed by atoms with Gasteiger partial charge in [-0.15, -0.1) is 0 Å². The van der Waals surface area contributed by atoms with Crippen molar-refractivity contribution in [2.45, 2.75) is 26.2 Å². The molecule has 0 bridgehead atoms. The molecule has 0 aliphatic heterocycles. The molecule has 0 fully saturated rings. The summed E-state index contributed by atoms with van der Waals surface area (Å²) in [5.41, 5.74) is 4.17. The van der Waals surface area contributed by atoms with E-state index in [1.165, 1.54) is 11.6 Å². The first-order chi connectivity index (χ1) is 13.3. The first-order valence-electron chi connectivity index (χ1n) is 9.12. The van der Waals surface area contributed by atoms with Crippen LogP contribution in [0.1, 0.15) is 36.8 Å². The number of hydrogen-bond acceptors (Lipinski definition) is 3. The van der Waals surface area contributed by atoms with E-state index in [4.69, 9.17) is 0 Å². The molecule has 5 nitrogen and oxygen atoms in total. The maximum atomic E-state index is 11.3. The van der Waals surface area contributed by atoms with Crippen LogP contribution in [0.5, 0.6) is 0 Å². The van der Waals surface area contributed by atoms with Crippen LogP contribution in [0.4, 0.5) is 0 Å². The lowest BCUT2D eigenvalue weighted by Crippen LogP contribution is -2.11. The predicted molar refractivity (Wildman–Crippen MR) is 110 cm³/mol. The van der Waals surface area contributed by atoms with Crippen molar-refractivity contribution in [1.29, 1.82) is 0 Å². The fraction of sp³-hybridized carbons (Fsp3) is 0.174. The van der Waals surface area contributed by atoms with E-state index < -0.39 is 5.97 Å². The summed E-state index contributed by atoms with van der Waals surface area (Å²) in [6, 6.07) is 17.3. The summed E-state index contributed by atoms with van der Waals surface area (Å²) in [6.07, 6.45) is 3.75. The molecule has 4 rings (SSSR count). The molecule has 3 heterocycles. The molecule has 4 aromatic rings. The molecule has 1 N–H and O–H groups in total. The van der Waals surface area contributed by atoms with Gasteiger partial charge in [-0.1, -0.05) is 39.0 Å². The van der Waals surface area contributed by atoms with E-state index in [2.05, 4.69) is 48.9 Å². The molecule has 1 aromatic carbocycles. The van der Waals surface area contributed by atoms with Gasteiger partial charge < -0.3 is 9.67 Å². The maximum absolute atomic E-state index is 11.3. The Morgan fingerprint density at radius 2 is 1.86 bits per heavy atom. The van der Waals surface area contributed by atoms with E-state index in [1.807, 2.05) is 35.2 Å². The molecule has 0 amide bonds. The Bertz CT molecular complexity index is 1190. The number of aromatic nitrogens is 3. The summed E-state index contributed by atoms with van der Waals surface area (Å²) in [5.74, 6) is -0.467. The van der Waals surface area contributed by atoms with E-state index in [1.54, 1.807) is 12.1 Å². The lowest BCUT2D eigenvalue weighted by atomic mass is 9.87. The van der Waals surface area contributed by atoms with Gasteiger partial charge in [0.25, 0.3) is 0 Å². The highest BCUT2D eigenvalue weighted by Crippen LogP contribution is 2.29. The van der Waals surface area contributed by atoms with E-state index in [0.29, 0.717) is 5.82 Å². The Morgan fingerprint density at radius 3 is 2.61 bits per heavy atom. The Labute approximate surface area is 163 Å². The molecule has 0 saturated heterocycles. The van der Waals surface area contributed by atoms with Crippen LogP contribution in [0, 0.1) is 0 Å². The fourth-order valence-electron chi connectivity index (χ4n) is 3.22. The van der Waals surface area contributed by atoms with E-state index >= 15 is 0 Å². The van der Waals surface area contributed by atoms with Crippen LogP contribution in [-0.2, 0) is 5.41 Å². The molecule has 0 saturated carbocycles. The molecule has 0 spiro atoms. The molecular weight excluding hydrogens is 350 g/mol. The third-order valence-electron chi connectivity index (χ3n) is 4.82. The van der Waals surface area contributed by atoms with Gasteiger partial charge in [0.1, 0.15) is 5.82 Å². The average molecular weight is 371 g/mol. The molecule has 0 radical (unpaired) electrons. The topological polar surface area (TPSA) is 68.0 Å². The fourth-order valence-corrected chi connectivity index (χ4v) is 3.22. The molecule has 0 unspecified atom stereocenters. The highest BCUT2D eigenvalue weighted by Gasteiger charge is 2.15. The van der Waals surface area contributed by atoms with Crippen molar-refractivity contribution in [3.05, 3.63) is 78.2 Å². The summed E-state index contributed by atoms with van der Waals surface area (Å²) in [7, 11) is 0. The Balaban J connectivity index is 1.83. The van der Waals surface area contributed by atoms with Crippen LogP contribution >= 0.6 is 0 Å². The zero-order chi connectivity index (χ0) is 19.9. The number of fused-ring (bicyclic) bond motifs is 1. The number of carbonyl (C=O) groups is 1. The van der Waals surface area contributed by atoms with Crippen molar-refractivity contribution in [2.24, 2.45) is 0 Å². The zero-order valence-electron chi connectivity index (χ0n) is 16.0. The average Bonchev–Trinajstić information content (AvgIpc) is 3.11. The van der Waals surface area contributed by atoms with Crippen LogP contribution in [0.15, 0.2) is 67.0 Å². The van der Waals surface area contributed by atoms with Gasteiger partial charge in [-0.3, -0.25) is 4.98 Å². The summed E-state index contributed by atoms with van der Waals surface area (Å²) >= 11 is 0. The summed E-state index contributed by atoms with van der Waals surface area (Å²) < 4.78 is 1.90. The number of aromatic carboxylic acids is 1. The number of carboxylic acid groups (broad SMARTS) is 1. The number of carboxylic acids is 1. The van der Waals surface area contributed by atoms with Gasteiger partial charge in [0.15, 0.2) is 5.69 Å². The Kier molecular flexibility index (Phi) is 4.23. The van der Waals surface area contributed by atoms with Gasteiger partial charge in [-0.05, 0) is 47.4 Å². The molecule has 5 heteroatoms. The monoisotopic (exact) mass is 371 g/mol. The van der Waals surface area contributed by atoms with Crippen molar-refractivity contribution in [3.8, 4) is 17.1 Å². The maximum Gasteiger partial charge on any atom is 0.354 e. The van der Waals surface area contributed by atoms with E-state index in [-0.39, 0.29) is 11.1 Å². The number of nitrogens with zero attached hydrogens (tertiary/aromatic N) is 3. The quantitative estimate of drug-likeness (QED) is 0.545. The van der Waals surface area contributed by atoms with Gasteiger partial charge in [-0.2, -0.15) is 0 Å². The molecule has 0 atom stereocenters. The van der Waals surface area contributed by atoms with Gasteiger partial charge in [0, 0.05) is 23.3 Å². The minimum atomic E-state index is -1.04. The van der Waals surface area contributed by atoms with E-state index in [0.717, 1.165) is 22.2 Å². The van der Waals surface area contributed by atoms with E-state index in [9.17, 15) is 9.90 Å². The number of rotatable bonds is 3. The summed E-state index contributed by atoms with van der Waals surface area (Å²) in [6.45, 7) is 6.55. The van der Waals surface area contributed by atoms with Gasteiger partial charge >= 0.3 is 5.97 Å². The highest BCUT2D eigenvalue weighted by molar-refractivity contribution is 5.87. The van der Waals surface area contributed by atoms with Crippen LogP contribution in [0.3, 0.4) is 0 Å². The summed E-state index contributed by atoms with van der Waals surface area (Å²) in [5, 5.41) is 10.3. The Hall–Kier alpha value is -3.47. The minimum absolute atomic E-state index is 0.0232. The van der Waals surface area contributed by atoms with Crippen LogP contribution < -0.4 is 0 Å². The lowest BCUT2D eigenvalue weighted by Gasteiger charge is -2.19. The normalized spacial score (nSPS) is 11.7. The molecule has 3 aromatic heterocycles. The first kappa shape index (κ1) is 17.9. The van der Waals surface area contributed by atoms with Crippen LogP contribution in [0.2, 0.25) is 0 Å². The minimum Gasteiger partial charge on any atom is -0.477 e. The summed E-state index contributed by atoms with van der Waals surface area (Å²) in [4.78, 5) is 20.1. The van der Waals surface area contributed by atoms with Crippen LogP contribution in [-0.4, -0.2) is 25.6 Å². The van der Waals surface area contributed by atoms with Crippen molar-refractivity contribution >= 4 is 16.9 Å². The third kappa shape index (κ3) is 3.27. The molecule has 0 aliphatic rings. The second-order valence-corrected chi connectivity index (χ2v) is 7.83. The molecule has 140 valence electrons. The largest absolute Gasteiger partial charge is 0.477 e. The third-order valence-corrected chi connectivity index (χ3v) is 4.82. The molecule has 0 aliphatic carbocycles. The van der Waals surface area contributed by atoms with Crippen molar-refractivity contribution in [2.75, 3.05) is 0 Å². The number of pyridine rings is 2. The van der Waals surface area contributed by atoms with Gasteiger partial charge in [-0.25, -0.2) is 9.78 Å². The van der Waals surface area contributed by atoms with Crippen molar-refractivity contribution in [1.82, 2.24) is 14.5 Å². The smallest absolute Gasteiger partial charge is 0.354 e. The van der Waals surface area contributed by atoms with Gasteiger partial charge in [0.2, 0.25) is 0 Å². The first-order valence-corrected chi connectivity index (χ1v) is 9.12. The second-order valence-electron chi connectivity index (χ2n) is 7.83.